The van der Waals surface area contributed by atoms with Crippen LogP contribution in [-0.4, -0.2) is 41.4 Å². The third kappa shape index (κ3) is 5.94. The van der Waals surface area contributed by atoms with Crippen LogP contribution in [0.3, 0.4) is 0 Å². The molecule has 0 saturated carbocycles. The lowest BCUT2D eigenvalue weighted by Crippen LogP contribution is -2.29. The lowest BCUT2D eigenvalue weighted by molar-refractivity contribution is 0.108. The Morgan fingerprint density at radius 2 is 1.64 bits per heavy atom. The molecule has 1 unspecified atom stereocenters. The number of benzene rings is 2. The maximum absolute atomic E-state index is 9.76. The first kappa shape index (κ1) is 19.6. The zero-order valence-corrected chi connectivity index (χ0v) is 16.0. The molecule has 3 rings (SSSR count). The summed E-state index contributed by atoms with van der Waals surface area (Å²) in [6.07, 6.45) is 0.952. The van der Waals surface area contributed by atoms with E-state index in [1.807, 2.05) is 55.5 Å². The van der Waals surface area contributed by atoms with Crippen LogP contribution in [0.15, 0.2) is 60.9 Å². The van der Waals surface area contributed by atoms with E-state index in [2.05, 4.69) is 32.0 Å². The van der Waals surface area contributed by atoms with E-state index in [-0.39, 0.29) is 6.61 Å². The van der Waals surface area contributed by atoms with Crippen LogP contribution in [0.1, 0.15) is 5.56 Å². The number of nitrogens with one attached hydrogen (secondary N) is 3. The fourth-order valence-corrected chi connectivity index (χ4v) is 2.66. The van der Waals surface area contributed by atoms with Gasteiger partial charge in [-0.2, -0.15) is 0 Å². The first-order valence-electron chi connectivity index (χ1n) is 9.10. The van der Waals surface area contributed by atoms with Gasteiger partial charge in [0.2, 0.25) is 0 Å². The molecule has 0 aliphatic heterocycles. The van der Waals surface area contributed by atoms with Gasteiger partial charge in [-0.3, -0.25) is 0 Å². The highest BCUT2D eigenvalue weighted by Gasteiger charge is 2.05. The Morgan fingerprint density at radius 3 is 2.32 bits per heavy atom. The van der Waals surface area contributed by atoms with Crippen molar-refractivity contribution in [3.05, 3.63) is 66.5 Å². The van der Waals surface area contributed by atoms with E-state index in [0.717, 1.165) is 11.4 Å². The van der Waals surface area contributed by atoms with Crippen molar-refractivity contribution in [3.63, 3.8) is 0 Å². The van der Waals surface area contributed by atoms with Crippen LogP contribution in [0.4, 0.5) is 23.0 Å². The van der Waals surface area contributed by atoms with Crippen LogP contribution < -0.4 is 20.7 Å². The molecule has 0 amide bonds. The highest BCUT2D eigenvalue weighted by molar-refractivity contribution is 5.63. The number of rotatable bonds is 9. The number of likely N-dealkylation sites (N-methyl/N-ethyl adjacent to an activating group) is 1. The topological polar surface area (TPSA) is 91.3 Å². The lowest BCUT2D eigenvalue weighted by Gasteiger charge is -2.13. The van der Waals surface area contributed by atoms with Crippen molar-refractivity contribution in [2.24, 2.45) is 0 Å². The molecule has 0 spiro atoms. The van der Waals surface area contributed by atoms with Crippen molar-refractivity contribution >= 4 is 23.0 Å². The molecule has 146 valence electrons. The van der Waals surface area contributed by atoms with Gasteiger partial charge in [-0.05, 0) is 43.8 Å². The molecule has 28 heavy (non-hydrogen) atoms. The second-order valence-electron chi connectivity index (χ2n) is 6.46. The Labute approximate surface area is 164 Å². The summed E-state index contributed by atoms with van der Waals surface area (Å²) < 4.78 is 5.64. The van der Waals surface area contributed by atoms with Crippen molar-refractivity contribution in [1.29, 1.82) is 0 Å². The number of nitrogens with zero attached hydrogens (tertiary/aromatic N) is 2. The standard InChI is InChI=1S/C21H25N5O2/c1-15-5-3-6-16(9-15)25-20-11-21(24-14-23-20)26-17-7-4-8-19(10-17)28-13-18(27)12-22-2/h3-11,14,18,22,27H,12-13H2,1-2H3,(H2,23,24,25,26). The quantitative estimate of drug-likeness (QED) is 0.454. The predicted octanol–water partition coefficient (Wildman–Crippen LogP) is 3.23. The normalized spacial score (nSPS) is 11.7. The second kappa shape index (κ2) is 9.68. The van der Waals surface area contributed by atoms with Crippen LogP contribution in [0.5, 0.6) is 5.75 Å². The maximum atomic E-state index is 9.76. The second-order valence-corrected chi connectivity index (χ2v) is 6.46. The smallest absolute Gasteiger partial charge is 0.135 e. The van der Waals surface area contributed by atoms with Crippen LogP contribution >= 0.6 is 0 Å². The molecular formula is C21H25N5O2. The third-order valence-electron chi connectivity index (χ3n) is 3.95. The fraction of sp³-hybridized carbons (Fsp3) is 0.238. The SMILES string of the molecule is CNCC(O)COc1cccc(Nc2cc(Nc3cccc(C)c3)ncn2)c1. The number of aliphatic hydroxyl groups is 1. The number of aromatic nitrogens is 2. The molecular weight excluding hydrogens is 354 g/mol. The number of ether oxygens (including phenoxy) is 1. The zero-order valence-electron chi connectivity index (χ0n) is 16.0. The first-order valence-corrected chi connectivity index (χ1v) is 9.10. The highest BCUT2D eigenvalue weighted by atomic mass is 16.5. The van der Waals surface area contributed by atoms with Gasteiger partial charge in [-0.25, -0.2) is 9.97 Å². The Balaban J connectivity index is 1.64. The average Bonchev–Trinajstić information content (AvgIpc) is 2.67. The number of hydrogen-bond donors (Lipinski definition) is 4. The minimum absolute atomic E-state index is 0.225. The van der Waals surface area contributed by atoms with Gasteiger partial charge in [0.1, 0.15) is 36.4 Å². The molecule has 7 nitrogen and oxygen atoms in total. The van der Waals surface area contributed by atoms with Crippen molar-refractivity contribution in [2.75, 3.05) is 30.8 Å². The van der Waals surface area contributed by atoms with Crippen molar-refractivity contribution in [2.45, 2.75) is 13.0 Å². The number of hydrogen-bond acceptors (Lipinski definition) is 7. The molecule has 2 aromatic carbocycles. The summed E-state index contributed by atoms with van der Waals surface area (Å²) >= 11 is 0. The van der Waals surface area contributed by atoms with Crippen LogP contribution in [0, 0.1) is 6.92 Å². The number of aliphatic hydroxyl groups excluding tert-OH is 1. The fourth-order valence-electron chi connectivity index (χ4n) is 2.66. The summed E-state index contributed by atoms with van der Waals surface area (Å²) in [5.41, 5.74) is 2.98. The van der Waals surface area contributed by atoms with Gasteiger partial charge in [0.05, 0.1) is 0 Å². The summed E-state index contributed by atoms with van der Waals surface area (Å²) in [6, 6.07) is 17.4. The molecule has 1 atom stereocenters. The van der Waals surface area contributed by atoms with Gasteiger partial charge >= 0.3 is 0 Å². The Kier molecular flexibility index (Phi) is 6.78. The summed E-state index contributed by atoms with van der Waals surface area (Å²) in [5, 5.41) is 19.2. The van der Waals surface area contributed by atoms with E-state index in [1.165, 1.54) is 11.9 Å². The van der Waals surface area contributed by atoms with E-state index in [4.69, 9.17) is 4.74 Å². The largest absolute Gasteiger partial charge is 0.491 e. The molecule has 0 bridgehead atoms. The van der Waals surface area contributed by atoms with E-state index in [9.17, 15) is 5.11 Å². The van der Waals surface area contributed by atoms with Crippen molar-refractivity contribution in [1.82, 2.24) is 15.3 Å². The molecule has 4 N–H and O–H groups in total. The monoisotopic (exact) mass is 379 g/mol. The highest BCUT2D eigenvalue weighted by Crippen LogP contribution is 2.22. The van der Waals surface area contributed by atoms with Gasteiger partial charge in [0.15, 0.2) is 0 Å². The van der Waals surface area contributed by atoms with Gasteiger partial charge in [0.25, 0.3) is 0 Å². The molecule has 0 saturated heterocycles. The molecule has 1 aromatic heterocycles. The maximum Gasteiger partial charge on any atom is 0.135 e. The Morgan fingerprint density at radius 1 is 0.964 bits per heavy atom. The van der Waals surface area contributed by atoms with Gasteiger partial charge in [-0.1, -0.05) is 18.2 Å². The molecule has 0 aliphatic rings. The van der Waals surface area contributed by atoms with E-state index >= 15 is 0 Å². The van der Waals surface area contributed by atoms with Crippen LogP contribution in [0.25, 0.3) is 0 Å². The molecule has 7 heteroatoms. The molecule has 3 aromatic rings. The molecule has 1 heterocycles. The van der Waals surface area contributed by atoms with Gasteiger partial charge in [0, 0.05) is 30.1 Å². The first-order chi connectivity index (χ1) is 13.6. The Bertz CT molecular complexity index is 903. The molecule has 0 radical (unpaired) electrons. The summed E-state index contributed by atoms with van der Waals surface area (Å²) in [5.74, 6) is 2.04. The molecule has 0 aliphatic carbocycles. The van der Waals surface area contributed by atoms with Gasteiger partial charge < -0.3 is 25.8 Å². The Hall–Kier alpha value is -3.16. The molecule has 0 fully saturated rings. The van der Waals surface area contributed by atoms with E-state index < -0.39 is 6.10 Å². The van der Waals surface area contributed by atoms with Crippen LogP contribution in [0.2, 0.25) is 0 Å². The average molecular weight is 379 g/mol. The van der Waals surface area contributed by atoms with E-state index in [0.29, 0.717) is 23.9 Å². The summed E-state index contributed by atoms with van der Waals surface area (Å²) in [4.78, 5) is 8.54. The van der Waals surface area contributed by atoms with Crippen LogP contribution in [-0.2, 0) is 0 Å². The number of anilines is 4. The predicted molar refractivity (Wildman–Crippen MR) is 112 cm³/mol. The van der Waals surface area contributed by atoms with E-state index in [1.54, 1.807) is 7.05 Å². The summed E-state index contributed by atoms with van der Waals surface area (Å²) in [6.45, 7) is 2.75. The van der Waals surface area contributed by atoms with Crippen molar-refractivity contribution in [3.8, 4) is 5.75 Å². The lowest BCUT2D eigenvalue weighted by atomic mass is 10.2. The minimum Gasteiger partial charge on any atom is -0.491 e. The number of aryl methyl sites for hydroxylation is 1. The minimum atomic E-state index is -0.557. The zero-order chi connectivity index (χ0) is 19.8. The summed E-state index contributed by atoms with van der Waals surface area (Å²) in [7, 11) is 1.79. The van der Waals surface area contributed by atoms with Gasteiger partial charge in [-0.15, -0.1) is 0 Å². The third-order valence-corrected chi connectivity index (χ3v) is 3.95. The van der Waals surface area contributed by atoms with Crippen molar-refractivity contribution < 1.29 is 9.84 Å².